The van der Waals surface area contributed by atoms with E-state index in [0.717, 1.165) is 0 Å². The Morgan fingerprint density at radius 3 is 2.74 bits per heavy atom. The number of aromatic nitrogens is 2. The van der Waals surface area contributed by atoms with Crippen molar-refractivity contribution in [1.82, 2.24) is 9.78 Å². The Morgan fingerprint density at radius 1 is 1.47 bits per heavy atom. The summed E-state index contributed by atoms with van der Waals surface area (Å²) in [6, 6.07) is 6.57. The van der Waals surface area contributed by atoms with Crippen molar-refractivity contribution in [3.05, 3.63) is 40.6 Å². The van der Waals surface area contributed by atoms with Gasteiger partial charge in [0.1, 0.15) is 4.90 Å². The zero-order chi connectivity index (χ0) is 14.0. The summed E-state index contributed by atoms with van der Waals surface area (Å²) in [6.45, 7) is 0. The van der Waals surface area contributed by atoms with Crippen LogP contribution in [0.25, 0.3) is 0 Å². The van der Waals surface area contributed by atoms with E-state index in [1.807, 2.05) is 6.07 Å². The lowest BCUT2D eigenvalue weighted by Gasteiger charge is -2.08. The molecule has 98 valence electrons. The quantitative estimate of drug-likeness (QED) is 0.923. The highest BCUT2D eigenvalue weighted by Crippen LogP contribution is 2.25. The Labute approximate surface area is 118 Å². The van der Waals surface area contributed by atoms with Crippen molar-refractivity contribution in [2.75, 3.05) is 4.72 Å². The van der Waals surface area contributed by atoms with Crippen molar-refractivity contribution < 1.29 is 8.42 Å². The first-order valence-corrected chi connectivity index (χ1v) is 7.41. The van der Waals surface area contributed by atoms with Gasteiger partial charge in [-0.05, 0) is 34.1 Å². The zero-order valence-corrected chi connectivity index (χ0v) is 12.2. The maximum atomic E-state index is 12.1. The number of nitrogens with zero attached hydrogens (tertiary/aromatic N) is 3. The number of hydrogen-bond donors (Lipinski definition) is 1. The van der Waals surface area contributed by atoms with Gasteiger partial charge in [-0.1, -0.05) is 0 Å². The van der Waals surface area contributed by atoms with Gasteiger partial charge < -0.3 is 0 Å². The molecule has 0 aliphatic rings. The van der Waals surface area contributed by atoms with E-state index < -0.39 is 10.0 Å². The first kappa shape index (κ1) is 13.6. The Bertz CT molecular complexity index is 761. The van der Waals surface area contributed by atoms with E-state index in [1.54, 1.807) is 13.1 Å². The standard InChI is InChI=1S/C11H9BrN4O2S/c1-16-7-9(6-14-16)19(17,18)15-11-3-2-8(5-13)4-10(11)12/h2-4,6-7,15H,1H3. The summed E-state index contributed by atoms with van der Waals surface area (Å²) in [5.41, 5.74) is 0.805. The van der Waals surface area contributed by atoms with Crippen LogP contribution in [0.4, 0.5) is 5.69 Å². The number of halogens is 1. The van der Waals surface area contributed by atoms with E-state index in [2.05, 4.69) is 25.8 Å². The minimum Gasteiger partial charge on any atom is -0.278 e. The fraction of sp³-hybridized carbons (Fsp3) is 0.0909. The number of sulfonamides is 1. The number of rotatable bonds is 3. The van der Waals surface area contributed by atoms with Crippen LogP contribution < -0.4 is 4.72 Å². The molecular formula is C11H9BrN4O2S. The monoisotopic (exact) mass is 340 g/mol. The van der Waals surface area contributed by atoms with E-state index in [0.29, 0.717) is 15.7 Å². The molecule has 8 heteroatoms. The van der Waals surface area contributed by atoms with E-state index in [4.69, 9.17) is 5.26 Å². The molecule has 0 aliphatic heterocycles. The second-order valence-corrected chi connectivity index (χ2v) is 6.30. The van der Waals surface area contributed by atoms with Crippen LogP contribution in [0.3, 0.4) is 0 Å². The Morgan fingerprint density at radius 2 is 2.21 bits per heavy atom. The molecule has 2 aromatic rings. The molecular weight excluding hydrogens is 332 g/mol. The van der Waals surface area contributed by atoms with Gasteiger partial charge >= 0.3 is 0 Å². The lowest BCUT2D eigenvalue weighted by Crippen LogP contribution is -2.12. The van der Waals surface area contributed by atoms with Crippen molar-refractivity contribution in [1.29, 1.82) is 5.26 Å². The summed E-state index contributed by atoms with van der Waals surface area (Å²) in [6.07, 6.45) is 2.67. The molecule has 6 nitrogen and oxygen atoms in total. The molecule has 1 N–H and O–H groups in total. The van der Waals surface area contributed by atoms with Crippen molar-refractivity contribution in [3.8, 4) is 6.07 Å². The highest BCUT2D eigenvalue weighted by atomic mass is 79.9. The average Bonchev–Trinajstić information content (AvgIpc) is 2.79. The largest absolute Gasteiger partial charge is 0.278 e. The molecule has 0 fully saturated rings. The van der Waals surface area contributed by atoms with Gasteiger partial charge in [-0.25, -0.2) is 8.42 Å². The zero-order valence-electron chi connectivity index (χ0n) is 9.83. The van der Waals surface area contributed by atoms with Crippen molar-refractivity contribution >= 4 is 31.6 Å². The second-order valence-electron chi connectivity index (χ2n) is 3.76. The SMILES string of the molecule is Cn1cc(S(=O)(=O)Nc2ccc(C#N)cc2Br)cn1. The molecule has 0 spiro atoms. The molecule has 0 amide bonds. The third-order valence-corrected chi connectivity index (χ3v) is 4.31. The molecule has 0 bridgehead atoms. The molecule has 1 aromatic heterocycles. The predicted octanol–water partition coefficient (Wildman–Crippen LogP) is 1.86. The highest BCUT2D eigenvalue weighted by molar-refractivity contribution is 9.10. The molecule has 0 unspecified atom stereocenters. The summed E-state index contributed by atoms with van der Waals surface area (Å²) in [4.78, 5) is 0.0752. The predicted molar refractivity (Wildman–Crippen MR) is 72.9 cm³/mol. The smallest absolute Gasteiger partial charge is 0.265 e. The minimum atomic E-state index is -3.68. The number of benzene rings is 1. The Kier molecular flexibility index (Phi) is 3.59. The first-order valence-electron chi connectivity index (χ1n) is 5.13. The van der Waals surface area contributed by atoms with E-state index in [1.165, 1.54) is 29.2 Å². The van der Waals surface area contributed by atoms with Crippen LogP contribution in [0, 0.1) is 11.3 Å². The third kappa shape index (κ3) is 2.94. The number of aryl methyl sites for hydroxylation is 1. The maximum absolute atomic E-state index is 12.1. The molecule has 2 rings (SSSR count). The molecule has 1 heterocycles. The Balaban J connectivity index is 2.34. The van der Waals surface area contributed by atoms with Gasteiger partial charge in [-0.15, -0.1) is 0 Å². The van der Waals surface area contributed by atoms with Gasteiger partial charge in [0.25, 0.3) is 10.0 Å². The van der Waals surface area contributed by atoms with E-state index in [9.17, 15) is 8.42 Å². The lowest BCUT2D eigenvalue weighted by atomic mass is 10.2. The molecule has 0 saturated heterocycles. The van der Waals surface area contributed by atoms with Gasteiger partial charge in [-0.2, -0.15) is 10.4 Å². The lowest BCUT2D eigenvalue weighted by molar-refractivity contribution is 0.601. The van der Waals surface area contributed by atoms with Crippen LogP contribution in [-0.4, -0.2) is 18.2 Å². The molecule has 0 aliphatic carbocycles. The molecule has 0 atom stereocenters. The van der Waals surface area contributed by atoms with Crippen LogP contribution in [0.2, 0.25) is 0 Å². The van der Waals surface area contributed by atoms with Gasteiger partial charge in [-0.3, -0.25) is 9.40 Å². The van der Waals surface area contributed by atoms with Gasteiger partial charge in [0.2, 0.25) is 0 Å². The molecule has 1 aromatic carbocycles. The summed E-state index contributed by atoms with van der Waals surface area (Å²) in [5.74, 6) is 0. The van der Waals surface area contributed by atoms with Crippen molar-refractivity contribution in [3.63, 3.8) is 0 Å². The van der Waals surface area contributed by atoms with Gasteiger partial charge in [0, 0.05) is 17.7 Å². The molecule has 0 saturated carbocycles. The average molecular weight is 341 g/mol. The van der Waals surface area contributed by atoms with Crippen molar-refractivity contribution in [2.45, 2.75) is 4.90 Å². The number of hydrogen-bond acceptors (Lipinski definition) is 4. The number of anilines is 1. The normalized spacial score (nSPS) is 11.0. The molecule has 19 heavy (non-hydrogen) atoms. The Hall–Kier alpha value is -1.85. The van der Waals surface area contributed by atoms with E-state index in [-0.39, 0.29) is 4.90 Å². The maximum Gasteiger partial charge on any atom is 0.265 e. The van der Waals surface area contributed by atoms with Gasteiger partial charge in [0.05, 0.1) is 23.5 Å². The van der Waals surface area contributed by atoms with Crippen LogP contribution >= 0.6 is 15.9 Å². The van der Waals surface area contributed by atoms with Gasteiger partial charge in [0.15, 0.2) is 0 Å². The summed E-state index contributed by atoms with van der Waals surface area (Å²) in [5, 5.41) is 12.6. The molecule has 0 radical (unpaired) electrons. The fourth-order valence-electron chi connectivity index (χ4n) is 1.41. The van der Waals surface area contributed by atoms with Crippen LogP contribution in [0.15, 0.2) is 40.0 Å². The minimum absolute atomic E-state index is 0.0752. The summed E-state index contributed by atoms with van der Waals surface area (Å²) < 4.78 is 28.5. The topological polar surface area (TPSA) is 87.8 Å². The summed E-state index contributed by atoms with van der Waals surface area (Å²) in [7, 11) is -2.05. The fourth-order valence-corrected chi connectivity index (χ4v) is 3.08. The van der Waals surface area contributed by atoms with Crippen LogP contribution in [0.1, 0.15) is 5.56 Å². The second kappa shape index (κ2) is 5.03. The first-order chi connectivity index (χ1) is 8.92. The number of nitriles is 1. The van der Waals surface area contributed by atoms with Crippen molar-refractivity contribution in [2.24, 2.45) is 7.05 Å². The number of nitrogens with one attached hydrogen (secondary N) is 1. The highest BCUT2D eigenvalue weighted by Gasteiger charge is 2.17. The van der Waals surface area contributed by atoms with Crippen LogP contribution in [-0.2, 0) is 17.1 Å². The van der Waals surface area contributed by atoms with E-state index >= 15 is 0 Å². The summed E-state index contributed by atoms with van der Waals surface area (Å²) >= 11 is 3.22. The third-order valence-electron chi connectivity index (χ3n) is 2.33. The van der Waals surface area contributed by atoms with Crippen LogP contribution in [0.5, 0.6) is 0 Å².